The van der Waals surface area contributed by atoms with Crippen LogP contribution in [0.5, 0.6) is 5.75 Å². The van der Waals surface area contributed by atoms with E-state index in [1.165, 1.54) is 0 Å². The van der Waals surface area contributed by atoms with Crippen LogP contribution < -0.4 is 20.7 Å². The maximum atomic E-state index is 12.5. The minimum atomic E-state index is -0.321. The Balaban J connectivity index is 1.51. The second kappa shape index (κ2) is 12.4. The molecule has 0 aliphatic rings. The van der Waals surface area contributed by atoms with E-state index in [1.54, 1.807) is 60.7 Å². The van der Waals surface area contributed by atoms with Gasteiger partial charge in [0.25, 0.3) is 11.8 Å². The molecular weight excluding hydrogens is 434 g/mol. The number of hydrogen-bond acceptors (Lipinski definition) is 4. The highest BCUT2D eigenvalue weighted by Crippen LogP contribution is 2.17. The Bertz CT molecular complexity index is 1090. The zero-order valence-corrected chi connectivity index (χ0v) is 19.3. The quantitative estimate of drug-likeness (QED) is 0.284. The fraction of sp³-hybridized carbons (Fsp3) is 0.192. The molecule has 3 aromatic carbocycles. The predicted octanol–water partition coefficient (Wildman–Crippen LogP) is 5.63. The van der Waals surface area contributed by atoms with Crippen LogP contribution in [0.15, 0.2) is 78.9 Å². The number of rotatable bonds is 9. The Morgan fingerprint density at radius 1 is 0.788 bits per heavy atom. The van der Waals surface area contributed by atoms with Gasteiger partial charge in [0.15, 0.2) is 5.11 Å². The SMILES string of the molecule is CCCCCOc1ccc(C(=O)NC(=S)Nc2cccc(NC(=O)c3ccccc3)c2)cc1. The third-order valence-electron chi connectivity index (χ3n) is 4.77. The highest BCUT2D eigenvalue weighted by molar-refractivity contribution is 7.80. The van der Waals surface area contributed by atoms with Crippen LogP contribution in [0.4, 0.5) is 11.4 Å². The van der Waals surface area contributed by atoms with E-state index in [0.29, 0.717) is 29.1 Å². The van der Waals surface area contributed by atoms with Gasteiger partial charge in [-0.2, -0.15) is 0 Å². The lowest BCUT2D eigenvalue weighted by Gasteiger charge is -2.12. The molecule has 0 radical (unpaired) electrons. The Kier molecular flexibility index (Phi) is 8.97. The summed E-state index contributed by atoms with van der Waals surface area (Å²) in [5.41, 5.74) is 2.29. The molecular formula is C26H27N3O3S. The molecule has 0 saturated heterocycles. The molecule has 6 nitrogen and oxygen atoms in total. The van der Waals surface area contributed by atoms with Crippen LogP contribution in [0.25, 0.3) is 0 Å². The summed E-state index contributed by atoms with van der Waals surface area (Å²) in [6.07, 6.45) is 3.28. The first-order valence-corrected chi connectivity index (χ1v) is 11.3. The zero-order chi connectivity index (χ0) is 23.5. The average Bonchev–Trinajstić information content (AvgIpc) is 2.83. The third kappa shape index (κ3) is 7.73. The Hall–Kier alpha value is -3.71. The minimum Gasteiger partial charge on any atom is -0.494 e. The molecule has 2 amide bonds. The lowest BCUT2D eigenvalue weighted by Crippen LogP contribution is -2.34. The van der Waals surface area contributed by atoms with Crippen LogP contribution in [0.2, 0.25) is 0 Å². The molecule has 0 spiro atoms. The van der Waals surface area contributed by atoms with E-state index < -0.39 is 0 Å². The topological polar surface area (TPSA) is 79.5 Å². The van der Waals surface area contributed by atoms with Gasteiger partial charge in [0, 0.05) is 22.5 Å². The highest BCUT2D eigenvalue weighted by Gasteiger charge is 2.10. The molecule has 3 rings (SSSR count). The van der Waals surface area contributed by atoms with Crippen molar-refractivity contribution in [3.05, 3.63) is 90.0 Å². The van der Waals surface area contributed by atoms with Crippen molar-refractivity contribution in [2.75, 3.05) is 17.2 Å². The number of carbonyl (C=O) groups is 2. The summed E-state index contributed by atoms with van der Waals surface area (Å²) in [6, 6.07) is 23.0. The monoisotopic (exact) mass is 461 g/mol. The van der Waals surface area contributed by atoms with E-state index in [0.717, 1.165) is 25.0 Å². The normalized spacial score (nSPS) is 10.2. The molecule has 0 aliphatic carbocycles. The highest BCUT2D eigenvalue weighted by atomic mass is 32.1. The molecule has 0 saturated carbocycles. The van der Waals surface area contributed by atoms with Crippen molar-refractivity contribution in [3.8, 4) is 5.75 Å². The fourth-order valence-corrected chi connectivity index (χ4v) is 3.26. The van der Waals surface area contributed by atoms with Gasteiger partial charge in [0.1, 0.15) is 5.75 Å². The van der Waals surface area contributed by atoms with Crippen molar-refractivity contribution in [2.45, 2.75) is 26.2 Å². The zero-order valence-electron chi connectivity index (χ0n) is 18.5. The maximum absolute atomic E-state index is 12.5. The molecule has 3 N–H and O–H groups in total. The van der Waals surface area contributed by atoms with Crippen molar-refractivity contribution in [2.24, 2.45) is 0 Å². The summed E-state index contributed by atoms with van der Waals surface area (Å²) in [6.45, 7) is 2.81. The number of thiocarbonyl (C=S) groups is 1. The summed E-state index contributed by atoms with van der Waals surface area (Å²) in [7, 11) is 0. The lowest BCUT2D eigenvalue weighted by molar-refractivity contribution is 0.0976. The van der Waals surface area contributed by atoms with E-state index in [4.69, 9.17) is 17.0 Å². The van der Waals surface area contributed by atoms with Gasteiger partial charge in [-0.1, -0.05) is 44.0 Å². The van der Waals surface area contributed by atoms with Crippen molar-refractivity contribution in [1.29, 1.82) is 0 Å². The smallest absolute Gasteiger partial charge is 0.257 e. The van der Waals surface area contributed by atoms with Crippen LogP contribution in [0, 0.1) is 0 Å². The molecule has 7 heteroatoms. The first kappa shape index (κ1) is 23.9. The van der Waals surface area contributed by atoms with Crippen LogP contribution in [-0.2, 0) is 0 Å². The van der Waals surface area contributed by atoms with E-state index >= 15 is 0 Å². The van der Waals surface area contributed by atoms with Gasteiger partial charge in [0.2, 0.25) is 0 Å². The van der Waals surface area contributed by atoms with Gasteiger partial charge in [-0.05, 0) is 73.2 Å². The Morgan fingerprint density at radius 2 is 1.45 bits per heavy atom. The summed E-state index contributed by atoms with van der Waals surface area (Å²) in [5.74, 6) is 0.206. The molecule has 0 bridgehead atoms. The predicted molar refractivity (Wildman–Crippen MR) is 136 cm³/mol. The molecule has 0 aliphatic heterocycles. The van der Waals surface area contributed by atoms with Crippen molar-refractivity contribution < 1.29 is 14.3 Å². The summed E-state index contributed by atoms with van der Waals surface area (Å²) < 4.78 is 5.67. The number of anilines is 2. The van der Waals surface area contributed by atoms with E-state index in [1.807, 2.05) is 18.2 Å². The second-order valence-electron chi connectivity index (χ2n) is 7.39. The fourth-order valence-electron chi connectivity index (χ4n) is 3.05. The number of hydrogen-bond donors (Lipinski definition) is 3. The summed E-state index contributed by atoms with van der Waals surface area (Å²) in [5, 5.41) is 8.64. The van der Waals surface area contributed by atoms with Gasteiger partial charge >= 0.3 is 0 Å². The van der Waals surface area contributed by atoms with E-state index in [9.17, 15) is 9.59 Å². The average molecular weight is 462 g/mol. The second-order valence-corrected chi connectivity index (χ2v) is 7.80. The number of amides is 2. The van der Waals surface area contributed by atoms with E-state index in [-0.39, 0.29) is 16.9 Å². The van der Waals surface area contributed by atoms with Crippen LogP contribution in [-0.4, -0.2) is 23.5 Å². The number of benzene rings is 3. The Labute approximate surface area is 199 Å². The van der Waals surface area contributed by atoms with Crippen LogP contribution >= 0.6 is 12.2 Å². The standard InChI is InChI=1S/C26H27N3O3S/c1-2-3-7-17-32-23-15-13-20(14-16-23)25(31)29-26(33)28-22-12-8-11-21(18-22)27-24(30)19-9-5-4-6-10-19/h4-6,8-16,18H,2-3,7,17H2,1H3,(H,27,30)(H2,28,29,31,33). The molecule has 33 heavy (non-hydrogen) atoms. The molecule has 0 fully saturated rings. The van der Waals surface area contributed by atoms with E-state index in [2.05, 4.69) is 22.9 Å². The molecule has 0 aromatic heterocycles. The first-order valence-electron chi connectivity index (χ1n) is 10.9. The first-order chi connectivity index (χ1) is 16.0. The van der Waals surface area contributed by atoms with Crippen LogP contribution in [0.1, 0.15) is 46.9 Å². The van der Waals surface area contributed by atoms with Crippen molar-refractivity contribution in [3.63, 3.8) is 0 Å². The van der Waals surface area contributed by atoms with Crippen molar-refractivity contribution >= 4 is 40.5 Å². The summed E-state index contributed by atoms with van der Waals surface area (Å²) >= 11 is 5.27. The molecule has 0 heterocycles. The lowest BCUT2D eigenvalue weighted by atomic mass is 10.2. The number of nitrogens with one attached hydrogen (secondary N) is 3. The van der Waals surface area contributed by atoms with Gasteiger partial charge in [-0.15, -0.1) is 0 Å². The largest absolute Gasteiger partial charge is 0.494 e. The Morgan fingerprint density at radius 3 is 2.15 bits per heavy atom. The van der Waals surface area contributed by atoms with Gasteiger partial charge in [0.05, 0.1) is 6.61 Å². The van der Waals surface area contributed by atoms with Gasteiger partial charge in [-0.3, -0.25) is 14.9 Å². The molecule has 0 atom stereocenters. The third-order valence-corrected chi connectivity index (χ3v) is 4.98. The minimum absolute atomic E-state index is 0.159. The molecule has 0 unspecified atom stereocenters. The number of ether oxygens (including phenoxy) is 1. The number of unbranched alkanes of at least 4 members (excludes halogenated alkanes) is 2. The maximum Gasteiger partial charge on any atom is 0.257 e. The van der Waals surface area contributed by atoms with Gasteiger partial charge in [-0.25, -0.2) is 0 Å². The van der Waals surface area contributed by atoms with Crippen LogP contribution in [0.3, 0.4) is 0 Å². The number of carbonyl (C=O) groups excluding carboxylic acids is 2. The molecule has 3 aromatic rings. The van der Waals surface area contributed by atoms with Crippen molar-refractivity contribution in [1.82, 2.24) is 5.32 Å². The summed E-state index contributed by atoms with van der Waals surface area (Å²) in [4.78, 5) is 24.8. The van der Waals surface area contributed by atoms with Gasteiger partial charge < -0.3 is 15.4 Å². The molecule has 170 valence electrons.